The van der Waals surface area contributed by atoms with E-state index < -0.39 is 0 Å². The highest BCUT2D eigenvalue weighted by Crippen LogP contribution is 2.39. The fraction of sp³-hybridized carbons (Fsp3) is 0.600. The van der Waals surface area contributed by atoms with E-state index in [1.54, 1.807) is 18.2 Å². The van der Waals surface area contributed by atoms with Crippen LogP contribution >= 0.6 is 23.1 Å². The van der Waals surface area contributed by atoms with Gasteiger partial charge in [-0.15, -0.1) is 0 Å². The number of benzene rings is 2. The highest BCUT2D eigenvalue weighted by atomic mass is 32.2. The molecule has 1 aromatic heterocycles. The van der Waals surface area contributed by atoms with Gasteiger partial charge in [0, 0.05) is 80.3 Å². The molecule has 1 saturated carbocycles. The molecule has 0 atom stereocenters. The van der Waals surface area contributed by atoms with Crippen LogP contribution in [-0.4, -0.2) is 118 Å². The quantitative estimate of drug-likeness (QED) is 0.132. The van der Waals surface area contributed by atoms with Crippen molar-refractivity contribution in [1.29, 1.82) is 0 Å². The van der Waals surface area contributed by atoms with Crippen molar-refractivity contribution in [1.82, 2.24) is 20.1 Å². The van der Waals surface area contributed by atoms with Gasteiger partial charge < -0.3 is 29.3 Å². The first-order valence-corrected chi connectivity index (χ1v) is 22.8. The first kappa shape index (κ1) is 44.9. The minimum absolute atomic E-state index is 0.0743. The molecule has 3 fully saturated rings. The molecule has 0 unspecified atom stereocenters. The summed E-state index contributed by atoms with van der Waals surface area (Å²) < 4.78 is 18.1. The molecular formula is C45H64N6O6S2. The predicted octanol–water partition coefficient (Wildman–Crippen LogP) is 7.61. The van der Waals surface area contributed by atoms with Gasteiger partial charge in [-0.3, -0.25) is 24.6 Å². The number of nitrogens with one attached hydrogen (secondary N) is 2. The number of thiazole rings is 1. The summed E-state index contributed by atoms with van der Waals surface area (Å²) >= 11 is 2.90. The summed E-state index contributed by atoms with van der Waals surface area (Å²) in [6.45, 7) is 19.3. The largest absolute Gasteiger partial charge is 0.496 e. The molecule has 0 radical (unpaired) electrons. The molecule has 3 heterocycles. The van der Waals surface area contributed by atoms with Crippen molar-refractivity contribution < 1.29 is 28.6 Å². The number of rotatable bonds is 18. The highest BCUT2D eigenvalue weighted by molar-refractivity contribution is 8.01. The van der Waals surface area contributed by atoms with Gasteiger partial charge >= 0.3 is 0 Å². The molecule has 2 saturated heterocycles. The van der Waals surface area contributed by atoms with Crippen molar-refractivity contribution in [3.05, 3.63) is 59.3 Å². The van der Waals surface area contributed by atoms with E-state index in [1.807, 2.05) is 43.3 Å². The second-order valence-corrected chi connectivity index (χ2v) is 20.2. The van der Waals surface area contributed by atoms with Crippen LogP contribution in [0, 0.1) is 23.7 Å². The van der Waals surface area contributed by atoms with Gasteiger partial charge in [-0.25, -0.2) is 4.98 Å². The Balaban J connectivity index is 0.899. The lowest BCUT2D eigenvalue weighted by molar-refractivity contribution is -0.122. The van der Waals surface area contributed by atoms with Crippen LogP contribution in [0.15, 0.2) is 51.7 Å². The maximum absolute atomic E-state index is 13.3. The summed E-state index contributed by atoms with van der Waals surface area (Å²) in [5.74, 6) is 1.18. The van der Waals surface area contributed by atoms with Gasteiger partial charge in [-0.05, 0) is 66.6 Å². The number of hydrogen-bond acceptors (Lipinski definition) is 11. The summed E-state index contributed by atoms with van der Waals surface area (Å²) in [5, 5.41) is 6.60. The van der Waals surface area contributed by atoms with Crippen LogP contribution in [0.5, 0.6) is 5.75 Å². The molecule has 2 aromatic carbocycles. The molecule has 0 spiro atoms. The van der Waals surface area contributed by atoms with E-state index in [4.69, 9.17) is 14.2 Å². The second kappa shape index (κ2) is 20.7. The zero-order valence-electron chi connectivity index (χ0n) is 35.9. The Morgan fingerprint density at radius 3 is 2.34 bits per heavy atom. The Bertz CT molecular complexity index is 1860. The number of anilines is 2. The van der Waals surface area contributed by atoms with Crippen molar-refractivity contribution in [3.8, 4) is 5.75 Å². The maximum atomic E-state index is 13.3. The van der Waals surface area contributed by atoms with Gasteiger partial charge in [0.25, 0.3) is 11.8 Å². The standard InChI is InChI=1S/C45H64N6O6S2/c1-32-25-37(55-6)36(42(54)51-21-23-56-24-22-51)26-38(32)58-40-28-46-43(59-40)48-41(53)34-11-13-35(14-12-34)50-19-17-49(18-20-50)16-15-39(52)47-29-45(4,5)31-57-30-44(2,3)27-33-9-7-8-10-33/h11-14,25-26,28,33H,7-10,15-24,27,29-31H2,1-6H3,(H,47,52)(H,46,48,53). The molecule has 3 amide bonds. The van der Waals surface area contributed by atoms with Gasteiger partial charge in [0.1, 0.15) is 5.75 Å². The van der Waals surface area contributed by atoms with Gasteiger partial charge in [-0.1, -0.05) is 76.5 Å². The maximum Gasteiger partial charge on any atom is 0.257 e. The van der Waals surface area contributed by atoms with Gasteiger partial charge in [0.15, 0.2) is 5.13 Å². The number of piperazine rings is 1. The first-order chi connectivity index (χ1) is 28.3. The lowest BCUT2D eigenvalue weighted by atomic mass is 9.82. The van der Waals surface area contributed by atoms with E-state index in [0.29, 0.717) is 67.9 Å². The van der Waals surface area contributed by atoms with Crippen molar-refractivity contribution in [3.63, 3.8) is 0 Å². The van der Waals surface area contributed by atoms with Gasteiger partial charge in [-0.2, -0.15) is 0 Å². The molecule has 14 heteroatoms. The van der Waals surface area contributed by atoms with Crippen LogP contribution in [0.4, 0.5) is 10.8 Å². The van der Waals surface area contributed by atoms with Crippen LogP contribution in [0.25, 0.3) is 0 Å². The van der Waals surface area contributed by atoms with Crippen LogP contribution in [0.1, 0.15) is 92.5 Å². The summed E-state index contributed by atoms with van der Waals surface area (Å²) in [4.78, 5) is 51.2. The number of morpholine rings is 1. The van der Waals surface area contributed by atoms with E-state index in [9.17, 15) is 14.4 Å². The Hall–Kier alpha value is -3.69. The number of ether oxygens (including phenoxy) is 3. The molecule has 2 aliphatic heterocycles. The van der Waals surface area contributed by atoms with Crippen LogP contribution in [0.3, 0.4) is 0 Å². The van der Waals surface area contributed by atoms with Crippen LogP contribution in [0.2, 0.25) is 0 Å². The molecule has 12 nitrogen and oxygen atoms in total. The second-order valence-electron chi connectivity index (χ2n) is 17.8. The van der Waals surface area contributed by atoms with Crippen molar-refractivity contribution >= 4 is 51.6 Å². The fourth-order valence-corrected chi connectivity index (χ4v) is 10.1. The number of carbonyl (C=O) groups excluding carboxylic acids is 3. The number of carbonyl (C=O) groups is 3. The Morgan fingerprint density at radius 2 is 1.64 bits per heavy atom. The molecule has 0 bridgehead atoms. The fourth-order valence-electron chi connectivity index (χ4n) is 8.14. The van der Waals surface area contributed by atoms with Gasteiger partial charge in [0.05, 0.1) is 49.5 Å². The van der Waals surface area contributed by atoms with E-state index in [1.165, 1.54) is 55.2 Å². The summed E-state index contributed by atoms with van der Waals surface area (Å²) in [6, 6.07) is 11.5. The zero-order chi connectivity index (χ0) is 42.0. The smallest absolute Gasteiger partial charge is 0.257 e. The summed E-state index contributed by atoms with van der Waals surface area (Å²) in [6.07, 6.45) is 8.93. The van der Waals surface area contributed by atoms with E-state index in [0.717, 1.165) is 65.6 Å². The lowest BCUT2D eigenvalue weighted by Gasteiger charge is -2.36. The summed E-state index contributed by atoms with van der Waals surface area (Å²) in [5.41, 5.74) is 3.19. The topological polar surface area (TPSA) is 126 Å². The van der Waals surface area contributed by atoms with E-state index >= 15 is 0 Å². The van der Waals surface area contributed by atoms with Crippen molar-refractivity contribution in [2.75, 3.05) is 96.1 Å². The molecule has 322 valence electrons. The van der Waals surface area contributed by atoms with E-state index in [-0.39, 0.29) is 28.6 Å². The van der Waals surface area contributed by atoms with Crippen LogP contribution < -0.4 is 20.3 Å². The van der Waals surface area contributed by atoms with Crippen molar-refractivity contribution in [2.45, 2.75) is 82.2 Å². The first-order valence-electron chi connectivity index (χ1n) is 21.2. The number of amides is 3. The van der Waals surface area contributed by atoms with Crippen molar-refractivity contribution in [2.24, 2.45) is 16.7 Å². The number of methoxy groups -OCH3 is 1. The number of nitrogens with zero attached hydrogens (tertiary/aromatic N) is 4. The third-order valence-electron chi connectivity index (χ3n) is 11.5. The third-order valence-corrected chi connectivity index (χ3v) is 13.7. The number of aryl methyl sites for hydroxylation is 1. The molecule has 3 aliphatic rings. The normalized spacial score (nSPS) is 17.0. The van der Waals surface area contributed by atoms with Crippen LogP contribution in [-0.2, 0) is 14.3 Å². The van der Waals surface area contributed by atoms with Gasteiger partial charge in [0.2, 0.25) is 5.91 Å². The highest BCUT2D eigenvalue weighted by Gasteiger charge is 2.28. The lowest BCUT2D eigenvalue weighted by Crippen LogP contribution is -2.47. The molecule has 1 aliphatic carbocycles. The summed E-state index contributed by atoms with van der Waals surface area (Å²) in [7, 11) is 1.58. The molecule has 6 rings (SSSR count). The SMILES string of the molecule is COc1cc(C)c(Sc2cnc(NC(=O)c3ccc(N4CCN(CCC(=O)NCC(C)(C)COCC(C)(C)CC5CCCC5)CC4)cc3)s2)cc1C(=O)N1CCOCC1. The minimum Gasteiger partial charge on any atom is -0.496 e. The predicted molar refractivity (Wildman–Crippen MR) is 236 cm³/mol. The molecule has 2 N–H and O–H groups in total. The molecule has 3 aromatic rings. The minimum atomic E-state index is -0.223. The molecular weight excluding hydrogens is 785 g/mol. The monoisotopic (exact) mass is 848 g/mol. The Morgan fingerprint density at radius 1 is 0.949 bits per heavy atom. The Labute approximate surface area is 359 Å². The average molecular weight is 849 g/mol. The number of hydrogen-bond donors (Lipinski definition) is 2. The third kappa shape index (κ3) is 13.1. The number of aromatic nitrogens is 1. The average Bonchev–Trinajstić information content (AvgIpc) is 3.91. The van der Waals surface area contributed by atoms with E-state index in [2.05, 4.69) is 53.1 Å². The molecule has 59 heavy (non-hydrogen) atoms. The Kier molecular flexibility index (Phi) is 15.8. The zero-order valence-corrected chi connectivity index (χ0v) is 37.5.